The lowest BCUT2D eigenvalue weighted by Crippen LogP contribution is -2.35. The highest BCUT2D eigenvalue weighted by atomic mass is 32.2. The van der Waals surface area contributed by atoms with E-state index >= 15 is 0 Å². The monoisotopic (exact) mass is 404 g/mol. The van der Waals surface area contributed by atoms with E-state index < -0.39 is 22.0 Å². The number of H-pyrrole nitrogens is 1. The van der Waals surface area contributed by atoms with Crippen LogP contribution in [0, 0.1) is 6.33 Å². The van der Waals surface area contributed by atoms with E-state index in [9.17, 15) is 18.3 Å². The average Bonchev–Trinajstić information content (AvgIpc) is 3.31. The lowest BCUT2D eigenvalue weighted by atomic mass is 9.97. The van der Waals surface area contributed by atoms with Crippen LogP contribution in [0.15, 0.2) is 71.6 Å². The molecule has 5 rings (SSSR count). The summed E-state index contributed by atoms with van der Waals surface area (Å²) in [7, 11) is -4.17. The Bertz CT molecular complexity index is 1360. The zero-order chi connectivity index (χ0) is 20.2. The number of nitrogens with one attached hydrogen (secondary N) is 1. The number of aromatic hydroxyl groups is 1. The maximum absolute atomic E-state index is 13.4. The Kier molecular flexibility index (Phi) is 3.72. The average molecular weight is 404 g/mol. The van der Waals surface area contributed by atoms with Crippen molar-refractivity contribution in [2.24, 2.45) is 0 Å². The topological polar surface area (TPSA) is 103 Å². The summed E-state index contributed by atoms with van der Waals surface area (Å²) in [6, 6.07) is 16.7. The Labute approximate surface area is 166 Å². The number of phenols is 1. The quantitative estimate of drug-likeness (QED) is 0.546. The normalized spacial score (nSPS) is 16.3. The van der Waals surface area contributed by atoms with Gasteiger partial charge in [-0.25, -0.2) is 17.7 Å². The number of hydrogen-bond acceptors (Lipinski definition) is 5. The van der Waals surface area contributed by atoms with Crippen molar-refractivity contribution in [3.05, 3.63) is 89.7 Å². The van der Waals surface area contributed by atoms with E-state index in [0.717, 1.165) is 9.82 Å². The minimum Gasteiger partial charge on any atom is -0.507 e. The number of phenolic OH excluding ortho intramolecular Hbond substituents is 1. The minimum atomic E-state index is -4.17. The van der Waals surface area contributed by atoms with Crippen molar-refractivity contribution in [3.63, 3.8) is 0 Å². The van der Waals surface area contributed by atoms with Crippen molar-refractivity contribution in [1.29, 1.82) is 0 Å². The van der Waals surface area contributed by atoms with Crippen molar-refractivity contribution >= 4 is 27.0 Å². The Morgan fingerprint density at radius 1 is 1.03 bits per heavy atom. The van der Waals surface area contributed by atoms with Gasteiger partial charge in [0.2, 0.25) is 0 Å². The van der Waals surface area contributed by atoms with Crippen LogP contribution in [0.5, 0.6) is 5.75 Å². The minimum absolute atomic E-state index is 0.000160. The molecule has 0 saturated carbocycles. The fraction of sp³-hybridized carbons (Fsp3) is 0.0476. The number of hydrogen-bond donors (Lipinski definition) is 2. The van der Waals surface area contributed by atoms with E-state index in [-0.39, 0.29) is 16.2 Å². The van der Waals surface area contributed by atoms with Crippen LogP contribution in [0.1, 0.15) is 27.5 Å². The lowest BCUT2D eigenvalue weighted by molar-refractivity contribution is 0.0863. The molecule has 0 fully saturated rings. The molecular formula is C21H14N3O4S. The van der Waals surface area contributed by atoms with Gasteiger partial charge < -0.3 is 10.1 Å². The standard InChI is InChI=1S/C21H14N3O4S/c25-18-8-4-7-15-19(18)21(26)24(29(27,28)14-5-2-1-3-6-14)20(15)13-9-10-16-17(11-13)23-12-22-16/h1-11,20,25H,(H,22,23). The third-order valence-corrected chi connectivity index (χ3v) is 6.78. The predicted octanol–water partition coefficient (Wildman–Crippen LogP) is 3.00. The van der Waals surface area contributed by atoms with Crippen molar-refractivity contribution < 1.29 is 18.3 Å². The predicted molar refractivity (Wildman–Crippen MR) is 105 cm³/mol. The van der Waals surface area contributed by atoms with E-state index in [1.165, 1.54) is 18.2 Å². The second-order valence-corrected chi connectivity index (χ2v) is 8.50. The molecule has 1 unspecified atom stereocenters. The zero-order valence-corrected chi connectivity index (χ0v) is 15.7. The molecule has 7 nitrogen and oxygen atoms in total. The van der Waals surface area contributed by atoms with Crippen LogP contribution < -0.4 is 0 Å². The molecule has 29 heavy (non-hydrogen) atoms. The van der Waals surface area contributed by atoms with Gasteiger partial charge in [0.15, 0.2) is 6.33 Å². The maximum atomic E-state index is 13.4. The first-order valence-corrected chi connectivity index (χ1v) is 10.2. The fourth-order valence-corrected chi connectivity index (χ4v) is 5.26. The van der Waals surface area contributed by atoms with E-state index in [2.05, 4.69) is 16.3 Å². The molecule has 143 valence electrons. The molecule has 2 N–H and O–H groups in total. The van der Waals surface area contributed by atoms with Crippen LogP contribution in [-0.4, -0.2) is 33.7 Å². The molecule has 8 heteroatoms. The van der Waals surface area contributed by atoms with Gasteiger partial charge in [0.25, 0.3) is 15.9 Å². The number of carbonyl (C=O) groups excluding carboxylic acids is 1. The molecule has 0 saturated heterocycles. The van der Waals surface area contributed by atoms with Gasteiger partial charge in [-0.2, -0.15) is 0 Å². The van der Waals surface area contributed by atoms with Gasteiger partial charge in [0, 0.05) is 0 Å². The van der Waals surface area contributed by atoms with Gasteiger partial charge >= 0.3 is 0 Å². The highest BCUT2D eigenvalue weighted by molar-refractivity contribution is 7.89. The summed E-state index contributed by atoms with van der Waals surface area (Å²) < 4.78 is 27.7. The third-order valence-electron chi connectivity index (χ3n) is 5.02. The molecule has 1 aromatic heterocycles. The summed E-state index contributed by atoms with van der Waals surface area (Å²) in [5.74, 6) is -1.02. The number of aromatic amines is 1. The molecule has 1 amide bonds. The van der Waals surface area contributed by atoms with Crippen molar-refractivity contribution in [2.75, 3.05) is 0 Å². The Balaban J connectivity index is 1.76. The first kappa shape index (κ1) is 17.4. The second kappa shape index (κ2) is 6.18. The molecule has 2 heterocycles. The van der Waals surface area contributed by atoms with E-state index in [1.54, 1.807) is 48.5 Å². The molecular weight excluding hydrogens is 390 g/mol. The number of sulfonamides is 1. The van der Waals surface area contributed by atoms with Crippen LogP contribution in [0.3, 0.4) is 0 Å². The molecule has 1 aliphatic heterocycles. The Hall–Kier alpha value is -3.65. The van der Waals surface area contributed by atoms with E-state index in [0.29, 0.717) is 16.6 Å². The first-order valence-electron chi connectivity index (χ1n) is 8.80. The first-order chi connectivity index (χ1) is 14.0. The van der Waals surface area contributed by atoms with Gasteiger partial charge in [0.1, 0.15) is 5.75 Å². The summed E-state index contributed by atoms with van der Waals surface area (Å²) in [4.78, 5) is 20.2. The van der Waals surface area contributed by atoms with Crippen LogP contribution in [-0.2, 0) is 10.0 Å². The number of carbonyl (C=O) groups is 1. The fourth-order valence-electron chi connectivity index (χ4n) is 3.71. The summed E-state index contributed by atoms with van der Waals surface area (Å²) in [5.41, 5.74) is 2.32. The third kappa shape index (κ3) is 2.53. The molecule has 1 aliphatic rings. The van der Waals surface area contributed by atoms with Gasteiger partial charge in [-0.1, -0.05) is 36.4 Å². The van der Waals surface area contributed by atoms with Crippen molar-refractivity contribution in [2.45, 2.75) is 10.9 Å². The SMILES string of the molecule is O=C1c2c(O)cccc2C(c2ccc3[nH][c]nc3c2)N1S(=O)(=O)c1ccccc1. The molecule has 0 spiro atoms. The number of imidazole rings is 1. The van der Waals surface area contributed by atoms with Gasteiger partial charge in [-0.15, -0.1) is 0 Å². The second-order valence-electron chi connectivity index (χ2n) is 6.69. The van der Waals surface area contributed by atoms with Crippen LogP contribution >= 0.6 is 0 Å². The van der Waals surface area contributed by atoms with Crippen LogP contribution in [0.25, 0.3) is 11.0 Å². The van der Waals surface area contributed by atoms with Crippen LogP contribution in [0.2, 0.25) is 0 Å². The van der Waals surface area contributed by atoms with Crippen molar-refractivity contribution in [3.8, 4) is 5.75 Å². The molecule has 1 radical (unpaired) electrons. The van der Waals surface area contributed by atoms with Gasteiger partial charge in [-0.05, 0) is 41.5 Å². The Morgan fingerprint density at radius 2 is 1.83 bits per heavy atom. The van der Waals surface area contributed by atoms with Crippen LogP contribution in [0.4, 0.5) is 0 Å². The lowest BCUT2D eigenvalue weighted by Gasteiger charge is -2.25. The summed E-state index contributed by atoms with van der Waals surface area (Å²) in [6.45, 7) is 0. The molecule has 4 aromatic rings. The summed E-state index contributed by atoms with van der Waals surface area (Å²) in [5, 5.41) is 10.3. The van der Waals surface area contributed by atoms with Crippen molar-refractivity contribution in [1.82, 2.24) is 14.3 Å². The molecule has 0 aliphatic carbocycles. The summed E-state index contributed by atoms with van der Waals surface area (Å²) in [6.07, 6.45) is 2.65. The largest absolute Gasteiger partial charge is 0.507 e. The number of benzene rings is 3. The molecule has 0 bridgehead atoms. The zero-order valence-electron chi connectivity index (χ0n) is 14.9. The maximum Gasteiger partial charge on any atom is 0.272 e. The van der Waals surface area contributed by atoms with E-state index in [1.807, 2.05) is 0 Å². The highest BCUT2D eigenvalue weighted by Crippen LogP contribution is 2.45. The van der Waals surface area contributed by atoms with Gasteiger partial charge in [0.05, 0.1) is 27.5 Å². The highest BCUT2D eigenvalue weighted by Gasteiger charge is 2.46. The number of amides is 1. The molecule has 1 atom stereocenters. The smallest absolute Gasteiger partial charge is 0.272 e. The Morgan fingerprint density at radius 3 is 2.62 bits per heavy atom. The number of fused-ring (bicyclic) bond motifs is 2. The number of aromatic nitrogens is 2. The van der Waals surface area contributed by atoms with Gasteiger partial charge in [-0.3, -0.25) is 4.79 Å². The number of nitrogens with zero attached hydrogens (tertiary/aromatic N) is 2. The number of rotatable bonds is 3. The molecule has 3 aromatic carbocycles. The summed E-state index contributed by atoms with van der Waals surface area (Å²) >= 11 is 0. The van der Waals surface area contributed by atoms with E-state index in [4.69, 9.17) is 0 Å².